The fourth-order valence-electron chi connectivity index (χ4n) is 2.53. The van der Waals surface area contributed by atoms with Gasteiger partial charge in [-0.25, -0.2) is 0 Å². The zero-order valence-corrected chi connectivity index (χ0v) is 16.6. The van der Waals surface area contributed by atoms with Crippen molar-refractivity contribution in [3.8, 4) is 17.2 Å². The van der Waals surface area contributed by atoms with Crippen LogP contribution in [0.4, 0.5) is 0 Å². The van der Waals surface area contributed by atoms with Crippen LogP contribution >= 0.6 is 23.2 Å². The molecule has 0 saturated carbocycles. The average Bonchev–Trinajstić information content (AvgIpc) is 2.62. The number of halogens is 2. The summed E-state index contributed by atoms with van der Waals surface area (Å²) >= 11 is 12.0. The Bertz CT molecular complexity index is 782. The average molecular weight is 398 g/mol. The molecule has 2 aromatic carbocycles. The highest BCUT2D eigenvalue weighted by Crippen LogP contribution is 2.32. The van der Waals surface area contributed by atoms with Crippen molar-refractivity contribution in [2.24, 2.45) is 0 Å². The normalized spacial score (nSPS) is 11.6. The standard InChI is InChI=1S/C19H21Cl2NO4/c1-12(26-16-9-8-14(20)10-15(16)21)19(23)22(2)11-13-6-5-7-17(24-3)18(13)25-4/h5-10,12H,11H2,1-4H3. The molecule has 0 bridgehead atoms. The summed E-state index contributed by atoms with van der Waals surface area (Å²) in [6.45, 7) is 2.02. The number of para-hydroxylation sites is 1. The Hall–Kier alpha value is -2.11. The van der Waals surface area contributed by atoms with E-state index >= 15 is 0 Å². The molecule has 0 N–H and O–H groups in total. The van der Waals surface area contributed by atoms with Crippen LogP contribution in [0, 0.1) is 0 Å². The van der Waals surface area contributed by atoms with Gasteiger partial charge in [-0.3, -0.25) is 4.79 Å². The number of carbonyl (C=O) groups is 1. The van der Waals surface area contributed by atoms with Gasteiger partial charge in [0.05, 0.1) is 19.2 Å². The second-order valence-electron chi connectivity index (χ2n) is 5.68. The van der Waals surface area contributed by atoms with Crippen molar-refractivity contribution in [1.29, 1.82) is 0 Å². The van der Waals surface area contributed by atoms with Gasteiger partial charge in [-0.15, -0.1) is 0 Å². The van der Waals surface area contributed by atoms with Crippen LogP contribution in [0.3, 0.4) is 0 Å². The number of rotatable bonds is 7. The maximum absolute atomic E-state index is 12.6. The first-order valence-corrected chi connectivity index (χ1v) is 8.69. The topological polar surface area (TPSA) is 48.0 Å². The van der Waals surface area contributed by atoms with Crippen LogP contribution in [0.2, 0.25) is 10.0 Å². The lowest BCUT2D eigenvalue weighted by atomic mass is 10.1. The van der Waals surface area contributed by atoms with Crippen molar-refractivity contribution in [3.63, 3.8) is 0 Å². The smallest absolute Gasteiger partial charge is 0.263 e. The molecule has 0 aliphatic carbocycles. The summed E-state index contributed by atoms with van der Waals surface area (Å²) in [5, 5.41) is 0.859. The van der Waals surface area contributed by atoms with Gasteiger partial charge in [0.1, 0.15) is 5.75 Å². The molecule has 26 heavy (non-hydrogen) atoms. The van der Waals surface area contributed by atoms with Gasteiger partial charge in [0.2, 0.25) is 0 Å². The number of amides is 1. The molecule has 0 saturated heterocycles. The van der Waals surface area contributed by atoms with Crippen LogP contribution in [-0.2, 0) is 11.3 Å². The SMILES string of the molecule is COc1cccc(CN(C)C(=O)C(C)Oc2ccc(Cl)cc2Cl)c1OC. The fraction of sp³-hybridized carbons (Fsp3) is 0.316. The third-order valence-electron chi connectivity index (χ3n) is 3.81. The minimum Gasteiger partial charge on any atom is -0.493 e. The highest BCUT2D eigenvalue weighted by molar-refractivity contribution is 6.35. The molecule has 0 aliphatic rings. The maximum Gasteiger partial charge on any atom is 0.263 e. The first-order chi connectivity index (χ1) is 12.4. The Kier molecular flexibility index (Phi) is 7.00. The first-order valence-electron chi connectivity index (χ1n) is 7.94. The predicted octanol–water partition coefficient (Wildman–Crippen LogP) is 4.44. The monoisotopic (exact) mass is 397 g/mol. The molecular formula is C19H21Cl2NO4. The van der Waals surface area contributed by atoms with Crippen LogP contribution in [0.15, 0.2) is 36.4 Å². The number of methoxy groups -OCH3 is 2. The zero-order valence-electron chi connectivity index (χ0n) is 15.1. The molecule has 0 fully saturated rings. The number of benzene rings is 2. The van der Waals surface area contributed by atoms with Crippen LogP contribution in [0.1, 0.15) is 12.5 Å². The first kappa shape index (κ1) is 20.2. The van der Waals surface area contributed by atoms with Crippen LogP contribution in [0.25, 0.3) is 0 Å². The summed E-state index contributed by atoms with van der Waals surface area (Å²) in [6, 6.07) is 10.4. The summed E-state index contributed by atoms with van der Waals surface area (Å²) in [6.07, 6.45) is -0.713. The van der Waals surface area contributed by atoms with Crippen molar-refractivity contribution < 1.29 is 19.0 Å². The van der Waals surface area contributed by atoms with E-state index in [1.165, 1.54) is 0 Å². The lowest BCUT2D eigenvalue weighted by Gasteiger charge is -2.23. The minimum absolute atomic E-state index is 0.194. The van der Waals surface area contributed by atoms with Crippen molar-refractivity contribution in [3.05, 3.63) is 52.0 Å². The van der Waals surface area contributed by atoms with E-state index < -0.39 is 6.10 Å². The number of hydrogen-bond donors (Lipinski definition) is 0. The molecule has 0 spiro atoms. The van der Waals surface area contributed by atoms with E-state index in [2.05, 4.69) is 0 Å². The second kappa shape index (κ2) is 9.01. The maximum atomic E-state index is 12.6. The summed E-state index contributed by atoms with van der Waals surface area (Å²) in [5.74, 6) is 1.43. The van der Waals surface area contributed by atoms with E-state index in [4.69, 9.17) is 37.4 Å². The van der Waals surface area contributed by atoms with Gasteiger partial charge in [-0.1, -0.05) is 35.3 Å². The van der Waals surface area contributed by atoms with E-state index in [1.54, 1.807) is 57.4 Å². The lowest BCUT2D eigenvalue weighted by Crippen LogP contribution is -2.37. The highest BCUT2D eigenvalue weighted by Gasteiger charge is 2.22. The molecule has 0 radical (unpaired) electrons. The number of carbonyl (C=O) groups excluding carboxylic acids is 1. The Morgan fingerprint density at radius 3 is 2.46 bits per heavy atom. The molecular weight excluding hydrogens is 377 g/mol. The Morgan fingerprint density at radius 1 is 1.12 bits per heavy atom. The minimum atomic E-state index is -0.713. The molecule has 1 atom stereocenters. The largest absolute Gasteiger partial charge is 0.493 e. The van der Waals surface area contributed by atoms with Crippen LogP contribution in [-0.4, -0.2) is 38.2 Å². The third-order valence-corrected chi connectivity index (χ3v) is 4.34. The van der Waals surface area contributed by atoms with E-state index in [0.717, 1.165) is 5.56 Å². The molecule has 7 heteroatoms. The Morgan fingerprint density at radius 2 is 1.85 bits per heavy atom. The second-order valence-corrected chi connectivity index (χ2v) is 6.53. The molecule has 0 aromatic heterocycles. The summed E-state index contributed by atoms with van der Waals surface area (Å²) < 4.78 is 16.4. The van der Waals surface area contributed by atoms with Crippen LogP contribution < -0.4 is 14.2 Å². The molecule has 0 aliphatic heterocycles. The van der Waals surface area contributed by atoms with Gasteiger partial charge in [-0.2, -0.15) is 0 Å². The molecule has 1 amide bonds. The highest BCUT2D eigenvalue weighted by atomic mass is 35.5. The van der Waals surface area contributed by atoms with Crippen molar-refractivity contribution in [1.82, 2.24) is 4.90 Å². The molecule has 140 valence electrons. The molecule has 0 heterocycles. The van der Waals surface area contributed by atoms with E-state index in [1.807, 2.05) is 12.1 Å². The molecule has 2 aromatic rings. The van der Waals surface area contributed by atoms with Crippen LogP contribution in [0.5, 0.6) is 17.2 Å². The Balaban J connectivity index is 2.09. The summed E-state index contributed by atoms with van der Waals surface area (Å²) in [7, 11) is 4.84. The van der Waals surface area contributed by atoms with E-state index in [9.17, 15) is 4.79 Å². The quantitative estimate of drug-likeness (QED) is 0.692. The number of likely N-dealkylation sites (N-methyl/N-ethyl adjacent to an activating group) is 1. The lowest BCUT2D eigenvalue weighted by molar-refractivity contribution is -0.137. The van der Waals surface area contributed by atoms with Crippen molar-refractivity contribution in [2.75, 3.05) is 21.3 Å². The van der Waals surface area contributed by atoms with Gasteiger partial charge < -0.3 is 19.1 Å². The number of hydrogen-bond acceptors (Lipinski definition) is 4. The number of nitrogens with zero attached hydrogens (tertiary/aromatic N) is 1. The summed E-state index contributed by atoms with van der Waals surface area (Å²) in [4.78, 5) is 14.2. The van der Waals surface area contributed by atoms with Crippen molar-refractivity contribution >= 4 is 29.1 Å². The van der Waals surface area contributed by atoms with Crippen molar-refractivity contribution in [2.45, 2.75) is 19.6 Å². The van der Waals surface area contributed by atoms with E-state index in [0.29, 0.717) is 33.8 Å². The van der Waals surface area contributed by atoms with Gasteiger partial charge in [0, 0.05) is 24.2 Å². The van der Waals surface area contributed by atoms with Gasteiger partial charge in [-0.05, 0) is 31.2 Å². The third kappa shape index (κ3) is 4.74. The zero-order chi connectivity index (χ0) is 19.3. The predicted molar refractivity (Wildman–Crippen MR) is 103 cm³/mol. The van der Waals surface area contributed by atoms with Gasteiger partial charge in [0.25, 0.3) is 5.91 Å². The van der Waals surface area contributed by atoms with E-state index in [-0.39, 0.29) is 5.91 Å². The Labute approximate surface area is 163 Å². The fourth-order valence-corrected chi connectivity index (χ4v) is 2.99. The molecule has 1 unspecified atom stereocenters. The van der Waals surface area contributed by atoms with Gasteiger partial charge in [0.15, 0.2) is 17.6 Å². The molecule has 2 rings (SSSR count). The molecule has 5 nitrogen and oxygen atoms in total. The number of ether oxygens (including phenoxy) is 3. The van der Waals surface area contributed by atoms with Gasteiger partial charge >= 0.3 is 0 Å². The summed E-state index contributed by atoms with van der Waals surface area (Å²) in [5.41, 5.74) is 0.833.